The molecule has 0 heterocycles. The minimum atomic E-state index is -0.355. The summed E-state index contributed by atoms with van der Waals surface area (Å²) in [6, 6.07) is 2.22. The molecule has 0 aliphatic carbocycles. The Morgan fingerprint density at radius 3 is 1.71 bits per heavy atom. The summed E-state index contributed by atoms with van der Waals surface area (Å²) in [5.74, 6) is 0. The van der Waals surface area contributed by atoms with Crippen molar-refractivity contribution in [1.29, 1.82) is 0 Å². The Bertz CT molecular complexity index is 381. The van der Waals surface area contributed by atoms with Crippen LogP contribution in [0.3, 0.4) is 0 Å². The van der Waals surface area contributed by atoms with E-state index in [-0.39, 0.29) is 6.17 Å². The monoisotopic (exact) mass is 234 g/mol. The van der Waals surface area contributed by atoms with Gasteiger partial charge in [-0.05, 0) is 53.5 Å². The van der Waals surface area contributed by atoms with E-state index in [9.17, 15) is 0 Å². The maximum Gasteiger partial charge on any atom is 0.0787 e. The maximum absolute atomic E-state index is 5.91. The van der Waals surface area contributed by atoms with Crippen LogP contribution in [-0.4, -0.2) is 0 Å². The summed E-state index contributed by atoms with van der Waals surface area (Å²) in [6.45, 7) is 8.84. The fourth-order valence-corrected chi connectivity index (χ4v) is 2.81. The van der Waals surface area contributed by atoms with Crippen molar-refractivity contribution in [3.63, 3.8) is 0 Å². The Balaban J connectivity index is 3.54. The third-order valence-electron chi connectivity index (χ3n) is 3.60. The summed E-state index contributed by atoms with van der Waals surface area (Å²) in [5, 5.41) is 0. The molecule has 0 spiro atoms. The molecular weight excluding hydrogens is 208 g/mol. The number of hydrogen-bond acceptors (Lipinski definition) is 2. The van der Waals surface area contributed by atoms with Crippen LogP contribution in [0, 0.1) is 0 Å². The molecular formula is C15H26N2. The summed E-state index contributed by atoms with van der Waals surface area (Å²) in [5.41, 5.74) is 18.7. The summed E-state index contributed by atoms with van der Waals surface area (Å²) in [6.07, 6.45) is 3.88. The van der Waals surface area contributed by atoms with Gasteiger partial charge in [0.25, 0.3) is 0 Å². The predicted molar refractivity (Wildman–Crippen MR) is 75.1 cm³/mol. The first-order valence-corrected chi connectivity index (χ1v) is 6.78. The average molecular weight is 234 g/mol. The second-order valence-corrected chi connectivity index (χ2v) is 4.50. The van der Waals surface area contributed by atoms with Crippen LogP contribution >= 0.6 is 0 Å². The van der Waals surface area contributed by atoms with Gasteiger partial charge in [-0.15, -0.1) is 0 Å². The van der Waals surface area contributed by atoms with E-state index in [1.807, 2.05) is 0 Å². The third kappa shape index (κ3) is 2.70. The van der Waals surface area contributed by atoms with Gasteiger partial charge in [-0.3, -0.25) is 0 Å². The lowest BCUT2D eigenvalue weighted by Crippen LogP contribution is -2.23. The van der Waals surface area contributed by atoms with Crippen LogP contribution in [0.1, 0.15) is 61.7 Å². The standard InChI is InChI=1S/C15H26N2/c1-5-10-9-14(15(16)17)13(8-4)12(7-3)11(10)6-2/h9,15H,5-8,16-17H2,1-4H3. The molecule has 2 heteroatoms. The van der Waals surface area contributed by atoms with Crippen LogP contribution in [0.5, 0.6) is 0 Å². The van der Waals surface area contributed by atoms with Crippen LogP contribution < -0.4 is 11.5 Å². The number of rotatable bonds is 5. The van der Waals surface area contributed by atoms with E-state index in [1.54, 1.807) is 0 Å². The zero-order chi connectivity index (χ0) is 13.0. The van der Waals surface area contributed by atoms with Gasteiger partial charge in [0, 0.05) is 0 Å². The molecule has 0 amide bonds. The zero-order valence-electron chi connectivity index (χ0n) is 11.6. The SMILES string of the molecule is CCc1cc(C(N)N)c(CC)c(CC)c1CC. The number of aryl methyl sites for hydroxylation is 1. The average Bonchev–Trinajstić information content (AvgIpc) is 2.35. The summed E-state index contributed by atoms with van der Waals surface area (Å²) >= 11 is 0. The Morgan fingerprint density at radius 1 is 0.824 bits per heavy atom. The summed E-state index contributed by atoms with van der Waals surface area (Å²) in [7, 11) is 0. The second-order valence-electron chi connectivity index (χ2n) is 4.50. The first-order valence-electron chi connectivity index (χ1n) is 6.78. The molecule has 0 aromatic heterocycles. The van der Waals surface area contributed by atoms with E-state index in [4.69, 9.17) is 11.5 Å². The van der Waals surface area contributed by atoms with Crippen LogP contribution in [0.15, 0.2) is 6.07 Å². The number of hydrogen-bond donors (Lipinski definition) is 2. The molecule has 0 saturated heterocycles. The van der Waals surface area contributed by atoms with E-state index < -0.39 is 0 Å². The Labute approximate surface area is 105 Å². The van der Waals surface area contributed by atoms with Gasteiger partial charge < -0.3 is 11.5 Å². The largest absolute Gasteiger partial charge is 0.312 e. The zero-order valence-corrected chi connectivity index (χ0v) is 11.6. The van der Waals surface area contributed by atoms with E-state index in [1.165, 1.54) is 22.3 Å². The van der Waals surface area contributed by atoms with Crippen molar-refractivity contribution in [2.24, 2.45) is 11.5 Å². The molecule has 1 aromatic carbocycles. The lowest BCUT2D eigenvalue weighted by atomic mass is 9.86. The van der Waals surface area contributed by atoms with Crippen LogP contribution in [0.4, 0.5) is 0 Å². The highest BCUT2D eigenvalue weighted by Crippen LogP contribution is 2.27. The molecule has 0 radical (unpaired) electrons. The van der Waals surface area contributed by atoms with Gasteiger partial charge in [-0.1, -0.05) is 33.8 Å². The van der Waals surface area contributed by atoms with Crippen molar-refractivity contribution in [2.45, 2.75) is 59.5 Å². The van der Waals surface area contributed by atoms with E-state index in [0.29, 0.717) is 0 Å². The van der Waals surface area contributed by atoms with Crippen LogP contribution in [-0.2, 0) is 25.7 Å². The van der Waals surface area contributed by atoms with Crippen molar-refractivity contribution >= 4 is 0 Å². The smallest absolute Gasteiger partial charge is 0.0787 e. The first-order chi connectivity index (χ1) is 8.10. The molecule has 96 valence electrons. The van der Waals surface area contributed by atoms with Gasteiger partial charge in [0.05, 0.1) is 6.17 Å². The highest BCUT2D eigenvalue weighted by molar-refractivity contribution is 5.47. The summed E-state index contributed by atoms with van der Waals surface area (Å²) < 4.78 is 0. The highest BCUT2D eigenvalue weighted by atomic mass is 14.8. The van der Waals surface area contributed by atoms with Gasteiger partial charge in [0.2, 0.25) is 0 Å². The quantitative estimate of drug-likeness (QED) is 0.770. The van der Waals surface area contributed by atoms with Crippen molar-refractivity contribution in [3.8, 4) is 0 Å². The molecule has 4 N–H and O–H groups in total. The highest BCUT2D eigenvalue weighted by Gasteiger charge is 2.16. The normalized spacial score (nSPS) is 11.2. The maximum atomic E-state index is 5.91. The minimum Gasteiger partial charge on any atom is -0.312 e. The summed E-state index contributed by atoms with van der Waals surface area (Å²) in [4.78, 5) is 0. The van der Waals surface area contributed by atoms with E-state index >= 15 is 0 Å². The third-order valence-corrected chi connectivity index (χ3v) is 3.60. The van der Waals surface area contributed by atoms with Gasteiger partial charge >= 0.3 is 0 Å². The molecule has 0 aliphatic heterocycles. The fraction of sp³-hybridized carbons (Fsp3) is 0.600. The Morgan fingerprint density at radius 2 is 1.35 bits per heavy atom. The van der Waals surface area contributed by atoms with Crippen LogP contribution in [0.25, 0.3) is 0 Å². The number of nitrogens with two attached hydrogens (primary N) is 2. The van der Waals surface area contributed by atoms with Crippen molar-refractivity contribution < 1.29 is 0 Å². The Kier molecular flexibility index (Phi) is 5.16. The molecule has 17 heavy (non-hydrogen) atoms. The van der Waals surface area contributed by atoms with Gasteiger partial charge in [0.15, 0.2) is 0 Å². The predicted octanol–water partition coefficient (Wildman–Crippen LogP) is 2.85. The molecule has 0 bridgehead atoms. The lowest BCUT2D eigenvalue weighted by Gasteiger charge is -2.22. The van der Waals surface area contributed by atoms with Gasteiger partial charge in [-0.25, -0.2) is 0 Å². The second kappa shape index (κ2) is 6.18. The van der Waals surface area contributed by atoms with Crippen molar-refractivity contribution in [1.82, 2.24) is 0 Å². The lowest BCUT2D eigenvalue weighted by molar-refractivity contribution is 0.749. The molecule has 0 unspecified atom stereocenters. The topological polar surface area (TPSA) is 52.0 Å². The molecule has 1 rings (SSSR count). The van der Waals surface area contributed by atoms with E-state index in [0.717, 1.165) is 31.2 Å². The molecule has 0 atom stereocenters. The van der Waals surface area contributed by atoms with Crippen LogP contribution in [0.2, 0.25) is 0 Å². The molecule has 0 aliphatic rings. The molecule has 0 saturated carbocycles. The van der Waals surface area contributed by atoms with Crippen molar-refractivity contribution in [2.75, 3.05) is 0 Å². The van der Waals surface area contributed by atoms with Gasteiger partial charge in [0.1, 0.15) is 0 Å². The number of benzene rings is 1. The minimum absolute atomic E-state index is 0.355. The molecule has 2 nitrogen and oxygen atoms in total. The van der Waals surface area contributed by atoms with E-state index in [2.05, 4.69) is 33.8 Å². The molecule has 1 aromatic rings. The molecule has 0 fully saturated rings. The Hall–Kier alpha value is -0.860. The van der Waals surface area contributed by atoms with Crippen molar-refractivity contribution in [3.05, 3.63) is 33.9 Å². The first kappa shape index (κ1) is 14.2. The van der Waals surface area contributed by atoms with Gasteiger partial charge in [-0.2, -0.15) is 0 Å². The fourth-order valence-electron chi connectivity index (χ4n) is 2.81.